The average Bonchev–Trinajstić information content (AvgIpc) is 2.52. The lowest BCUT2D eigenvalue weighted by molar-refractivity contribution is 0.627. The smallest absolute Gasteiger partial charge is 0.151 e. The first kappa shape index (κ1) is 12.9. The fraction of sp³-hybridized carbons (Fsp3) is 0. The molecule has 2 aromatic rings. The Balaban J connectivity index is 2.20. The molecular formula is C18H15OP. The molecule has 0 spiro atoms. The summed E-state index contributed by atoms with van der Waals surface area (Å²) in [6.45, 7) is 7.68. The fourth-order valence-electron chi connectivity index (χ4n) is 2.33. The summed E-state index contributed by atoms with van der Waals surface area (Å²) in [4.78, 5) is 0. The minimum absolute atomic E-state index is 0.872. The topological polar surface area (TPSA) is 9.23 Å². The highest BCUT2D eigenvalue weighted by Gasteiger charge is 2.27. The van der Waals surface area contributed by atoms with Gasteiger partial charge in [0.05, 0.1) is 0 Å². The highest BCUT2D eigenvalue weighted by molar-refractivity contribution is 7.66. The van der Waals surface area contributed by atoms with E-state index in [1.165, 1.54) is 10.9 Å². The molecule has 1 atom stereocenters. The minimum Gasteiger partial charge on any atom is -0.464 e. The maximum Gasteiger partial charge on any atom is 0.151 e. The van der Waals surface area contributed by atoms with Gasteiger partial charge < -0.3 is 4.52 Å². The van der Waals surface area contributed by atoms with Gasteiger partial charge in [-0.15, -0.1) is 0 Å². The molecule has 1 aliphatic heterocycles. The van der Waals surface area contributed by atoms with Gasteiger partial charge in [-0.05, 0) is 11.6 Å². The maximum atomic E-state index is 6.24. The van der Waals surface area contributed by atoms with Gasteiger partial charge in [0.1, 0.15) is 5.75 Å². The van der Waals surface area contributed by atoms with Crippen LogP contribution in [0.3, 0.4) is 0 Å². The van der Waals surface area contributed by atoms with Crippen molar-refractivity contribution < 1.29 is 4.52 Å². The second kappa shape index (κ2) is 5.48. The number of fused-ring (bicyclic) bond motifs is 3. The first-order valence-electron chi connectivity index (χ1n) is 6.47. The Kier molecular flexibility index (Phi) is 3.54. The first-order chi connectivity index (χ1) is 9.85. The van der Waals surface area contributed by atoms with Crippen LogP contribution in [-0.2, 0) is 0 Å². The van der Waals surface area contributed by atoms with Crippen LogP contribution in [0.1, 0.15) is 0 Å². The van der Waals surface area contributed by atoms with Crippen molar-refractivity contribution in [2.24, 2.45) is 0 Å². The lowest BCUT2D eigenvalue weighted by Crippen LogP contribution is -2.14. The van der Waals surface area contributed by atoms with Gasteiger partial charge in [-0.3, -0.25) is 0 Å². The molecular weight excluding hydrogens is 263 g/mol. The monoisotopic (exact) mass is 278 g/mol. The molecule has 98 valence electrons. The predicted octanol–water partition coefficient (Wildman–Crippen LogP) is 5.02. The standard InChI is InChI=1S/C18H15OP/c1-3-9-14(4-2)20-18-13-8-6-11-16(18)15-10-5-7-12-17(15)19-20/h3-13H,1-2H2/b14-9+. The summed E-state index contributed by atoms with van der Waals surface area (Å²) in [6.07, 6.45) is 5.62. The van der Waals surface area contributed by atoms with Crippen molar-refractivity contribution in [2.45, 2.75) is 0 Å². The van der Waals surface area contributed by atoms with E-state index in [1.807, 2.05) is 30.4 Å². The molecule has 0 amide bonds. The molecule has 1 unspecified atom stereocenters. The summed E-state index contributed by atoms with van der Waals surface area (Å²) < 4.78 is 6.24. The van der Waals surface area contributed by atoms with E-state index in [-0.39, 0.29) is 0 Å². The largest absolute Gasteiger partial charge is 0.464 e. The van der Waals surface area contributed by atoms with Gasteiger partial charge in [0.25, 0.3) is 0 Å². The quantitative estimate of drug-likeness (QED) is 0.565. The van der Waals surface area contributed by atoms with E-state index in [0.29, 0.717) is 0 Å². The van der Waals surface area contributed by atoms with E-state index in [9.17, 15) is 0 Å². The van der Waals surface area contributed by atoms with Crippen LogP contribution in [0, 0.1) is 0 Å². The molecule has 1 aliphatic rings. The summed E-state index contributed by atoms with van der Waals surface area (Å²) in [7, 11) is -0.872. The van der Waals surface area contributed by atoms with Crippen molar-refractivity contribution in [3.63, 3.8) is 0 Å². The molecule has 0 fully saturated rings. The summed E-state index contributed by atoms with van der Waals surface area (Å²) in [5.41, 5.74) is 2.40. The van der Waals surface area contributed by atoms with Gasteiger partial charge in [0, 0.05) is 16.2 Å². The van der Waals surface area contributed by atoms with E-state index in [4.69, 9.17) is 4.52 Å². The molecule has 0 aromatic heterocycles. The fourth-order valence-corrected chi connectivity index (χ4v) is 4.21. The van der Waals surface area contributed by atoms with Crippen LogP contribution in [0.2, 0.25) is 0 Å². The van der Waals surface area contributed by atoms with Crippen molar-refractivity contribution in [3.8, 4) is 16.9 Å². The van der Waals surface area contributed by atoms with Gasteiger partial charge in [-0.1, -0.05) is 73.9 Å². The molecule has 1 nitrogen and oxygen atoms in total. The normalized spacial score (nSPS) is 16.6. The number of allylic oxidation sites excluding steroid dienone is 4. The zero-order valence-corrected chi connectivity index (χ0v) is 12.0. The number of hydrogen-bond acceptors (Lipinski definition) is 1. The molecule has 1 heterocycles. The van der Waals surface area contributed by atoms with Crippen LogP contribution in [0.15, 0.2) is 85.2 Å². The van der Waals surface area contributed by atoms with E-state index in [1.54, 1.807) is 6.08 Å². The highest BCUT2D eigenvalue weighted by Crippen LogP contribution is 2.53. The molecule has 0 saturated carbocycles. The second-order valence-electron chi connectivity index (χ2n) is 4.43. The van der Waals surface area contributed by atoms with E-state index < -0.39 is 8.15 Å². The first-order valence-corrected chi connectivity index (χ1v) is 7.73. The SMILES string of the molecule is C=C/C=C(\C=C)P1Oc2ccccc2-c2ccccc21. The molecule has 0 bridgehead atoms. The number of rotatable bonds is 3. The van der Waals surface area contributed by atoms with Gasteiger partial charge in [0.2, 0.25) is 0 Å². The lowest BCUT2D eigenvalue weighted by Gasteiger charge is -2.28. The Morgan fingerprint density at radius 1 is 0.950 bits per heavy atom. The summed E-state index contributed by atoms with van der Waals surface area (Å²) in [5, 5.41) is 2.31. The summed E-state index contributed by atoms with van der Waals surface area (Å²) >= 11 is 0. The van der Waals surface area contributed by atoms with Crippen molar-refractivity contribution in [1.82, 2.24) is 0 Å². The van der Waals surface area contributed by atoms with E-state index in [0.717, 1.165) is 16.6 Å². The van der Waals surface area contributed by atoms with Crippen molar-refractivity contribution in [3.05, 3.63) is 85.2 Å². The predicted molar refractivity (Wildman–Crippen MR) is 87.5 cm³/mol. The van der Waals surface area contributed by atoms with E-state index >= 15 is 0 Å². The van der Waals surface area contributed by atoms with Crippen molar-refractivity contribution in [2.75, 3.05) is 0 Å². The molecule has 0 radical (unpaired) electrons. The zero-order valence-electron chi connectivity index (χ0n) is 11.1. The Morgan fingerprint density at radius 3 is 2.40 bits per heavy atom. The van der Waals surface area contributed by atoms with E-state index in [2.05, 4.69) is 43.5 Å². The molecule has 0 N–H and O–H groups in total. The molecule has 3 rings (SSSR count). The van der Waals surface area contributed by atoms with Crippen LogP contribution < -0.4 is 9.83 Å². The summed E-state index contributed by atoms with van der Waals surface area (Å²) in [5.74, 6) is 0.939. The highest BCUT2D eigenvalue weighted by atomic mass is 31.1. The third-order valence-electron chi connectivity index (χ3n) is 3.22. The van der Waals surface area contributed by atoms with Crippen LogP contribution >= 0.6 is 8.15 Å². The van der Waals surface area contributed by atoms with Crippen molar-refractivity contribution in [1.29, 1.82) is 0 Å². The second-order valence-corrected chi connectivity index (χ2v) is 6.20. The van der Waals surface area contributed by atoms with Crippen LogP contribution in [0.5, 0.6) is 5.75 Å². The van der Waals surface area contributed by atoms with Gasteiger partial charge in [-0.2, -0.15) is 0 Å². The average molecular weight is 278 g/mol. The molecule has 0 aliphatic carbocycles. The Morgan fingerprint density at radius 2 is 1.65 bits per heavy atom. The Hall–Kier alpha value is -2.11. The number of hydrogen-bond donors (Lipinski definition) is 0. The van der Waals surface area contributed by atoms with Crippen LogP contribution in [0.25, 0.3) is 11.1 Å². The maximum absolute atomic E-state index is 6.24. The minimum atomic E-state index is -0.872. The van der Waals surface area contributed by atoms with Crippen LogP contribution in [0.4, 0.5) is 0 Å². The number of para-hydroxylation sites is 1. The molecule has 0 saturated heterocycles. The van der Waals surface area contributed by atoms with Gasteiger partial charge in [-0.25, -0.2) is 0 Å². The Bertz CT molecular complexity index is 700. The van der Waals surface area contributed by atoms with Gasteiger partial charge in [0.15, 0.2) is 8.15 Å². The third-order valence-corrected chi connectivity index (χ3v) is 5.23. The molecule has 20 heavy (non-hydrogen) atoms. The third kappa shape index (κ3) is 2.11. The Labute approximate surface area is 120 Å². The molecule has 2 aromatic carbocycles. The van der Waals surface area contributed by atoms with Crippen LogP contribution in [-0.4, -0.2) is 0 Å². The van der Waals surface area contributed by atoms with Gasteiger partial charge >= 0.3 is 0 Å². The number of benzene rings is 2. The zero-order chi connectivity index (χ0) is 13.9. The lowest BCUT2D eigenvalue weighted by atomic mass is 10.0. The summed E-state index contributed by atoms with van der Waals surface area (Å²) in [6, 6.07) is 16.6. The molecule has 2 heteroatoms. The van der Waals surface area contributed by atoms with Crippen molar-refractivity contribution >= 4 is 13.5 Å².